The SMILES string of the molecule is COc1ccc(C(=O)Nc2ccc(CC[C@H]3COC(N)=N3)cc2)nc1Cl.NC1=N[C@@H](CCc2ccc(NC(=O)c3cnc(N4CCOCC4)cn3)cc2)CO1. The molecule has 0 unspecified atom stereocenters. The minimum Gasteiger partial charge on any atom is -0.494 e. The van der Waals surface area contributed by atoms with E-state index in [-0.39, 0.29) is 52.5 Å². The molecular weight excluding hydrogens is 728 g/mol. The van der Waals surface area contributed by atoms with Crippen LogP contribution in [-0.2, 0) is 27.1 Å². The number of nitrogens with zero attached hydrogens (tertiary/aromatic N) is 6. The monoisotopic (exact) mass is 770 g/mol. The summed E-state index contributed by atoms with van der Waals surface area (Å²) in [6, 6.07) is 19.3. The van der Waals surface area contributed by atoms with E-state index in [0.717, 1.165) is 50.2 Å². The largest absolute Gasteiger partial charge is 0.494 e. The molecule has 0 saturated carbocycles. The summed E-state index contributed by atoms with van der Waals surface area (Å²) in [6.07, 6.45) is 6.59. The number of carbonyl (C=O) groups excluding carboxylic acids is 2. The minimum atomic E-state index is -0.338. The Bertz CT molecular complexity index is 1970. The van der Waals surface area contributed by atoms with Crippen molar-refractivity contribution in [1.82, 2.24) is 15.0 Å². The fourth-order valence-electron chi connectivity index (χ4n) is 5.83. The number of methoxy groups -OCH3 is 1. The predicted molar refractivity (Wildman–Crippen MR) is 209 cm³/mol. The Morgan fingerprint density at radius 3 is 1.78 bits per heavy atom. The summed E-state index contributed by atoms with van der Waals surface area (Å²) in [6.45, 7) is 3.99. The van der Waals surface area contributed by atoms with Crippen molar-refractivity contribution in [3.63, 3.8) is 0 Å². The summed E-state index contributed by atoms with van der Waals surface area (Å²) in [4.78, 5) is 47.9. The second-order valence-electron chi connectivity index (χ2n) is 12.8. The fraction of sp³-hybridized carbons (Fsp3) is 0.342. The van der Waals surface area contributed by atoms with Gasteiger partial charge in [-0.05, 0) is 73.2 Å². The van der Waals surface area contributed by atoms with Crippen molar-refractivity contribution in [2.75, 3.05) is 62.2 Å². The zero-order valence-electron chi connectivity index (χ0n) is 30.3. The van der Waals surface area contributed by atoms with Crippen LogP contribution in [0.2, 0.25) is 5.15 Å². The Hall–Kier alpha value is -6.00. The van der Waals surface area contributed by atoms with Gasteiger partial charge in [0.15, 0.2) is 10.9 Å². The standard InChI is InChI=1S/C20H24N6O3.C18H19ClN4O3/c21-20-25-16(13-29-20)6-3-14-1-4-15(5-2-14)24-19(27)17-11-23-18(12-22-17)26-7-9-28-10-8-26;1-25-15-9-8-14(23-16(15)19)17(24)21-12-5-2-11(3-6-12)4-7-13-10-26-18(20)22-13/h1-2,4-5,11-12,16H,3,6-10,13H2,(H2,21,25)(H,24,27);2-3,5-6,8-9,13H,4,7,10H2,1H3,(H2,20,22)(H,21,24)/t16-;13-/m00/s1. The maximum Gasteiger partial charge on any atom is 0.282 e. The van der Waals surface area contributed by atoms with Gasteiger partial charge in [-0.3, -0.25) is 9.59 Å². The molecule has 2 aromatic carbocycles. The summed E-state index contributed by atoms with van der Waals surface area (Å²) in [7, 11) is 1.49. The van der Waals surface area contributed by atoms with Gasteiger partial charge in [-0.1, -0.05) is 35.9 Å². The van der Waals surface area contributed by atoms with Crippen LogP contribution in [-0.4, -0.2) is 97.5 Å². The third-order valence-corrected chi connectivity index (χ3v) is 9.17. The number of anilines is 3. The molecule has 1 fully saturated rings. The van der Waals surface area contributed by atoms with Gasteiger partial charge < -0.3 is 45.9 Å². The number of nitrogens with one attached hydrogen (secondary N) is 2. The molecule has 0 spiro atoms. The second kappa shape index (κ2) is 18.9. The van der Waals surface area contributed by atoms with Crippen molar-refractivity contribution >= 4 is 52.7 Å². The number of halogens is 1. The molecule has 2 atom stereocenters. The van der Waals surface area contributed by atoms with Gasteiger partial charge in [-0.25, -0.2) is 24.9 Å². The molecule has 0 bridgehead atoms. The molecule has 2 amide bonds. The molecule has 4 aromatic rings. The van der Waals surface area contributed by atoms with Gasteiger partial charge in [0.2, 0.25) is 0 Å². The second-order valence-corrected chi connectivity index (χ2v) is 13.2. The Morgan fingerprint density at radius 2 is 1.33 bits per heavy atom. The number of aliphatic imine (C=N–C) groups is 2. The van der Waals surface area contributed by atoms with Gasteiger partial charge in [0.1, 0.15) is 30.4 Å². The number of benzene rings is 2. The van der Waals surface area contributed by atoms with Crippen molar-refractivity contribution in [3.8, 4) is 5.75 Å². The number of rotatable bonds is 12. The molecule has 0 radical (unpaired) electrons. The van der Waals surface area contributed by atoms with E-state index in [9.17, 15) is 9.59 Å². The zero-order valence-corrected chi connectivity index (χ0v) is 31.1. The lowest BCUT2D eigenvalue weighted by atomic mass is 10.1. The first-order valence-electron chi connectivity index (χ1n) is 17.8. The maximum absolute atomic E-state index is 12.4. The van der Waals surface area contributed by atoms with Crippen LogP contribution in [0.3, 0.4) is 0 Å². The summed E-state index contributed by atoms with van der Waals surface area (Å²) in [5, 5.41) is 5.80. The molecule has 7 rings (SSSR count). The van der Waals surface area contributed by atoms with E-state index in [1.165, 1.54) is 18.9 Å². The Balaban J connectivity index is 0.000000188. The highest BCUT2D eigenvalue weighted by molar-refractivity contribution is 6.31. The molecule has 17 heteroatoms. The lowest BCUT2D eigenvalue weighted by Gasteiger charge is -2.27. The molecule has 16 nitrogen and oxygen atoms in total. The maximum atomic E-state index is 12.4. The van der Waals surface area contributed by atoms with E-state index < -0.39 is 0 Å². The summed E-state index contributed by atoms with van der Waals surface area (Å²) in [5.41, 5.74) is 15.2. The number of nitrogens with two attached hydrogens (primary N) is 2. The number of hydrogen-bond acceptors (Lipinski definition) is 14. The predicted octanol–water partition coefficient (Wildman–Crippen LogP) is 3.85. The van der Waals surface area contributed by atoms with Crippen LogP contribution in [0.4, 0.5) is 17.2 Å². The number of morpholine rings is 1. The van der Waals surface area contributed by atoms with Crippen molar-refractivity contribution in [3.05, 3.63) is 101 Å². The number of pyridine rings is 1. The molecule has 1 saturated heterocycles. The number of aromatic nitrogens is 3. The number of amides is 2. The number of amidine groups is 2. The van der Waals surface area contributed by atoms with Gasteiger partial charge in [0, 0.05) is 24.5 Å². The van der Waals surface area contributed by atoms with Crippen LogP contribution in [0.5, 0.6) is 5.75 Å². The molecule has 6 N–H and O–H groups in total. The lowest BCUT2D eigenvalue weighted by Crippen LogP contribution is -2.36. The number of carbonyl (C=O) groups is 2. The van der Waals surface area contributed by atoms with E-state index in [0.29, 0.717) is 43.6 Å². The first-order valence-corrected chi connectivity index (χ1v) is 18.2. The van der Waals surface area contributed by atoms with E-state index >= 15 is 0 Å². The summed E-state index contributed by atoms with van der Waals surface area (Å²) >= 11 is 5.95. The highest BCUT2D eigenvalue weighted by Gasteiger charge is 2.18. The van der Waals surface area contributed by atoms with Crippen LogP contribution in [0.1, 0.15) is 44.9 Å². The summed E-state index contributed by atoms with van der Waals surface area (Å²) < 4.78 is 20.7. The van der Waals surface area contributed by atoms with Crippen molar-refractivity contribution < 1.29 is 28.5 Å². The highest BCUT2D eigenvalue weighted by Crippen LogP contribution is 2.22. The molecule has 288 valence electrons. The third-order valence-electron chi connectivity index (χ3n) is 8.90. The smallest absolute Gasteiger partial charge is 0.282 e. The van der Waals surface area contributed by atoms with E-state index in [1.54, 1.807) is 18.3 Å². The van der Waals surface area contributed by atoms with E-state index in [4.69, 9.17) is 42.0 Å². The van der Waals surface area contributed by atoms with E-state index in [2.05, 4.69) is 40.5 Å². The van der Waals surface area contributed by atoms with E-state index in [1.807, 2.05) is 48.5 Å². The fourth-order valence-corrected chi connectivity index (χ4v) is 6.06. The molecule has 3 aliphatic rings. The number of aryl methyl sites for hydroxylation is 2. The average molecular weight is 771 g/mol. The molecule has 5 heterocycles. The Kier molecular flexibility index (Phi) is 13.3. The minimum absolute atomic E-state index is 0.111. The van der Waals surface area contributed by atoms with Gasteiger partial charge in [-0.15, -0.1) is 0 Å². The molecule has 3 aliphatic heterocycles. The van der Waals surface area contributed by atoms with Crippen molar-refractivity contribution in [2.24, 2.45) is 21.5 Å². The average Bonchev–Trinajstić information content (AvgIpc) is 3.84. The number of ether oxygens (including phenoxy) is 4. The van der Waals surface area contributed by atoms with Crippen LogP contribution in [0.15, 0.2) is 83.0 Å². The Morgan fingerprint density at radius 1 is 0.782 bits per heavy atom. The first-order chi connectivity index (χ1) is 26.7. The molecule has 55 heavy (non-hydrogen) atoms. The zero-order chi connectivity index (χ0) is 38.6. The normalized spacial score (nSPS) is 17.5. The van der Waals surface area contributed by atoms with Crippen molar-refractivity contribution in [2.45, 2.75) is 37.8 Å². The van der Waals surface area contributed by atoms with Gasteiger partial charge in [-0.2, -0.15) is 0 Å². The first kappa shape index (κ1) is 38.7. The quantitative estimate of drug-likeness (QED) is 0.151. The van der Waals surface area contributed by atoms with Crippen LogP contribution < -0.4 is 31.7 Å². The van der Waals surface area contributed by atoms with Gasteiger partial charge in [0.25, 0.3) is 23.9 Å². The lowest BCUT2D eigenvalue weighted by molar-refractivity contribution is 0.101. The van der Waals surface area contributed by atoms with Gasteiger partial charge >= 0.3 is 0 Å². The highest BCUT2D eigenvalue weighted by atomic mass is 35.5. The van der Waals surface area contributed by atoms with Crippen LogP contribution >= 0.6 is 11.6 Å². The molecular formula is C38H43ClN10O6. The third kappa shape index (κ3) is 11.3. The van der Waals surface area contributed by atoms with Crippen LogP contribution in [0, 0.1) is 0 Å². The van der Waals surface area contributed by atoms with Gasteiger partial charge in [0.05, 0.1) is 44.8 Å². The topological polar surface area (TPSA) is 214 Å². The van der Waals surface area contributed by atoms with Crippen LogP contribution in [0.25, 0.3) is 0 Å². The number of hydrogen-bond donors (Lipinski definition) is 4. The molecule has 0 aliphatic carbocycles. The molecule has 2 aromatic heterocycles. The Labute approximate surface area is 323 Å². The summed E-state index contributed by atoms with van der Waals surface area (Å²) in [5.74, 6) is 0.557. The van der Waals surface area contributed by atoms with Crippen molar-refractivity contribution in [1.29, 1.82) is 0 Å².